The van der Waals surface area contributed by atoms with Crippen molar-refractivity contribution in [1.29, 1.82) is 0 Å². The van der Waals surface area contributed by atoms with Crippen molar-refractivity contribution in [2.45, 2.75) is 5.25 Å². The number of alkyl halides is 2. The Morgan fingerprint density at radius 3 is 1.70 bits per heavy atom. The minimum atomic E-state index is -6.21. The van der Waals surface area contributed by atoms with E-state index in [-0.39, 0.29) is 0 Å². The highest BCUT2D eigenvalue weighted by Gasteiger charge is 2.49. The molecule has 0 rings (SSSR count). The van der Waals surface area contributed by atoms with E-state index in [1.807, 2.05) is 6.58 Å². The lowest BCUT2D eigenvalue weighted by Crippen LogP contribution is -2.25. The third-order valence-electron chi connectivity index (χ3n) is 0.622. The fourth-order valence-electron chi connectivity index (χ4n) is 0.132. The van der Waals surface area contributed by atoms with Gasteiger partial charge in [-0.15, -0.1) is 0 Å². The van der Waals surface area contributed by atoms with Gasteiger partial charge in [0.15, 0.2) is 5.83 Å². The molecule has 0 aromatic heterocycles. The van der Waals surface area contributed by atoms with Gasteiger partial charge in [-0.2, -0.15) is 17.2 Å². The first kappa shape index (κ1) is 9.41. The summed E-state index contributed by atoms with van der Waals surface area (Å²) in [5.74, 6) is -2.53. The average molecular weight is 178 g/mol. The normalized spacial score (nSPS) is 13.2. The first-order valence-corrected chi connectivity index (χ1v) is 3.25. The van der Waals surface area contributed by atoms with E-state index in [1.165, 1.54) is 0 Å². The van der Waals surface area contributed by atoms with Gasteiger partial charge in [0.1, 0.15) is 0 Å². The van der Waals surface area contributed by atoms with Crippen LogP contribution in [0.2, 0.25) is 0 Å². The summed E-state index contributed by atoms with van der Waals surface area (Å²) in [7, 11) is -6.21. The monoisotopic (exact) mass is 178 g/mol. The fourth-order valence-corrected chi connectivity index (χ4v) is 0.397. The van der Waals surface area contributed by atoms with E-state index >= 15 is 0 Å². The second-order valence-corrected chi connectivity index (χ2v) is 2.75. The summed E-state index contributed by atoms with van der Waals surface area (Å²) in [5.41, 5.74) is 0. The highest BCUT2D eigenvalue weighted by Crippen LogP contribution is 2.31. The third-order valence-corrected chi connectivity index (χ3v) is 1.46. The molecule has 0 saturated carbocycles. The molecule has 2 nitrogen and oxygen atoms in total. The molecule has 0 aliphatic rings. The van der Waals surface area contributed by atoms with Gasteiger partial charge < -0.3 is 0 Å². The first-order valence-electron chi connectivity index (χ1n) is 1.86. The Morgan fingerprint density at radius 1 is 1.40 bits per heavy atom. The standard InChI is InChI=1S/C3H2F4O2S/c1-2(4)3(5,6)10(7,8)9/h1H2. The molecular formula is C3H2F4O2S. The molecule has 0 unspecified atom stereocenters. The smallest absolute Gasteiger partial charge is 0.204 e. The van der Waals surface area contributed by atoms with Crippen LogP contribution in [0.25, 0.3) is 0 Å². The minimum absolute atomic E-state index is 1.96. The van der Waals surface area contributed by atoms with Crippen molar-refractivity contribution in [3.8, 4) is 0 Å². The molecule has 60 valence electrons. The van der Waals surface area contributed by atoms with E-state index in [1.54, 1.807) is 0 Å². The van der Waals surface area contributed by atoms with E-state index in [2.05, 4.69) is 0 Å². The Labute approximate surface area is 54.4 Å². The van der Waals surface area contributed by atoms with Crippen molar-refractivity contribution in [2.24, 2.45) is 0 Å². The molecular weight excluding hydrogens is 176 g/mol. The predicted molar refractivity (Wildman–Crippen MR) is 25.2 cm³/mol. The zero-order valence-electron chi connectivity index (χ0n) is 4.44. The van der Waals surface area contributed by atoms with Crippen LogP contribution in [-0.4, -0.2) is 13.7 Å². The van der Waals surface area contributed by atoms with E-state index in [0.717, 1.165) is 0 Å². The predicted octanol–water partition coefficient (Wildman–Crippen LogP) is 1.36. The van der Waals surface area contributed by atoms with E-state index < -0.39 is 21.3 Å². The van der Waals surface area contributed by atoms with Gasteiger partial charge in [0.25, 0.3) is 0 Å². The van der Waals surface area contributed by atoms with Gasteiger partial charge in [0, 0.05) is 0 Å². The fraction of sp³-hybridized carbons (Fsp3) is 0.333. The number of hydrogen-bond acceptors (Lipinski definition) is 2. The lowest BCUT2D eigenvalue weighted by Gasteiger charge is -2.05. The quantitative estimate of drug-likeness (QED) is 0.472. The van der Waals surface area contributed by atoms with Gasteiger partial charge in [-0.25, -0.2) is 4.39 Å². The average Bonchev–Trinajstić information content (AvgIpc) is 1.62. The Morgan fingerprint density at radius 2 is 1.70 bits per heavy atom. The second kappa shape index (κ2) is 2.22. The van der Waals surface area contributed by atoms with Crippen molar-refractivity contribution in [3.63, 3.8) is 0 Å². The van der Waals surface area contributed by atoms with Crippen LogP contribution in [0.5, 0.6) is 0 Å². The van der Waals surface area contributed by atoms with Crippen molar-refractivity contribution in [3.05, 3.63) is 12.4 Å². The van der Waals surface area contributed by atoms with Gasteiger partial charge >= 0.3 is 15.5 Å². The van der Waals surface area contributed by atoms with Gasteiger partial charge in [0.2, 0.25) is 0 Å². The summed E-state index contributed by atoms with van der Waals surface area (Å²) < 4.78 is 64.7. The molecule has 0 saturated heterocycles. The Kier molecular flexibility index (Phi) is 2.09. The molecule has 0 bridgehead atoms. The van der Waals surface area contributed by atoms with Gasteiger partial charge in [-0.05, 0) is 0 Å². The molecule has 0 aromatic carbocycles. The van der Waals surface area contributed by atoms with Crippen LogP contribution in [-0.2, 0) is 10.2 Å². The van der Waals surface area contributed by atoms with E-state index in [0.29, 0.717) is 0 Å². The van der Waals surface area contributed by atoms with Crippen molar-refractivity contribution < 1.29 is 25.5 Å². The SMILES string of the molecule is C=C(F)C(F)(F)S(=O)(=O)F. The van der Waals surface area contributed by atoms with E-state index in [4.69, 9.17) is 0 Å². The zero-order valence-corrected chi connectivity index (χ0v) is 5.26. The van der Waals surface area contributed by atoms with Crippen LogP contribution < -0.4 is 0 Å². The van der Waals surface area contributed by atoms with Crippen LogP contribution >= 0.6 is 0 Å². The third kappa shape index (κ3) is 1.47. The molecule has 0 spiro atoms. The maximum Gasteiger partial charge on any atom is 0.424 e. The Balaban J connectivity index is 4.95. The first-order chi connectivity index (χ1) is 4.19. The summed E-state index contributed by atoms with van der Waals surface area (Å²) in [5, 5.41) is -5.12. The highest BCUT2D eigenvalue weighted by atomic mass is 32.3. The summed E-state index contributed by atoms with van der Waals surface area (Å²) in [6, 6.07) is 0. The summed E-state index contributed by atoms with van der Waals surface area (Å²) >= 11 is 0. The Bertz CT molecular complexity index is 241. The molecule has 0 N–H and O–H groups in total. The molecule has 0 amide bonds. The number of rotatable bonds is 2. The number of halogens is 4. The van der Waals surface area contributed by atoms with Crippen molar-refractivity contribution in [2.75, 3.05) is 0 Å². The van der Waals surface area contributed by atoms with Crippen molar-refractivity contribution >= 4 is 10.2 Å². The van der Waals surface area contributed by atoms with Crippen LogP contribution in [0.4, 0.5) is 17.1 Å². The molecule has 0 aromatic rings. The maximum atomic E-state index is 11.6. The van der Waals surface area contributed by atoms with Gasteiger partial charge in [-0.1, -0.05) is 10.5 Å². The van der Waals surface area contributed by atoms with Crippen LogP contribution in [0, 0.1) is 0 Å². The molecule has 0 atom stereocenters. The lowest BCUT2D eigenvalue weighted by molar-refractivity contribution is 0.100. The largest absolute Gasteiger partial charge is 0.424 e. The second-order valence-electron chi connectivity index (χ2n) is 1.36. The van der Waals surface area contributed by atoms with Crippen LogP contribution in [0.1, 0.15) is 0 Å². The van der Waals surface area contributed by atoms with Crippen LogP contribution in [0.15, 0.2) is 12.4 Å². The maximum absolute atomic E-state index is 11.6. The van der Waals surface area contributed by atoms with Gasteiger partial charge in [0.05, 0.1) is 0 Å². The van der Waals surface area contributed by atoms with E-state index in [9.17, 15) is 25.5 Å². The molecule has 10 heavy (non-hydrogen) atoms. The number of hydrogen-bond donors (Lipinski definition) is 0. The lowest BCUT2D eigenvalue weighted by atomic mass is 10.6. The topological polar surface area (TPSA) is 34.1 Å². The highest BCUT2D eigenvalue weighted by molar-refractivity contribution is 7.87. The molecule has 0 fully saturated rings. The summed E-state index contributed by atoms with van der Waals surface area (Å²) in [6.45, 7) is 1.96. The molecule has 0 aliphatic carbocycles. The Hall–Kier alpha value is -0.590. The zero-order chi connectivity index (χ0) is 8.58. The van der Waals surface area contributed by atoms with Crippen molar-refractivity contribution in [1.82, 2.24) is 0 Å². The molecule has 0 aliphatic heterocycles. The minimum Gasteiger partial charge on any atom is -0.204 e. The van der Waals surface area contributed by atoms with Crippen LogP contribution in [0.3, 0.4) is 0 Å². The molecule has 0 heterocycles. The van der Waals surface area contributed by atoms with Gasteiger partial charge in [-0.3, -0.25) is 0 Å². The summed E-state index contributed by atoms with van der Waals surface area (Å²) in [6.07, 6.45) is 0. The molecule has 7 heteroatoms. The molecule has 0 radical (unpaired) electrons. The summed E-state index contributed by atoms with van der Waals surface area (Å²) in [4.78, 5) is 0.